The average Bonchev–Trinajstić information content (AvgIpc) is 2.73. The van der Waals surface area contributed by atoms with Crippen LogP contribution in [0.2, 0.25) is 0 Å². The van der Waals surface area contributed by atoms with Crippen molar-refractivity contribution in [3.8, 4) is 11.4 Å². The molecule has 102 valence electrons. The Labute approximate surface area is 121 Å². The molecule has 0 fully saturated rings. The number of aryl methyl sites for hydroxylation is 2. The summed E-state index contributed by atoms with van der Waals surface area (Å²) in [4.78, 5) is 0. The summed E-state index contributed by atoms with van der Waals surface area (Å²) >= 11 is 0. The molecule has 2 heteroatoms. The smallest absolute Gasteiger partial charge is 0.0976 e. The summed E-state index contributed by atoms with van der Waals surface area (Å²) in [6.45, 7) is 13.1. The van der Waals surface area contributed by atoms with E-state index in [-0.39, 0.29) is 0 Å². The summed E-state index contributed by atoms with van der Waals surface area (Å²) in [6.07, 6.45) is 6.42. The molecule has 0 aromatic carbocycles. The van der Waals surface area contributed by atoms with Crippen LogP contribution in [0.25, 0.3) is 11.4 Å². The van der Waals surface area contributed by atoms with Crippen LogP contribution in [0.3, 0.4) is 0 Å². The van der Waals surface area contributed by atoms with Crippen LogP contribution in [0.5, 0.6) is 0 Å². The number of aromatic nitrogens is 2. The zero-order chi connectivity index (χ0) is 14.4. The summed E-state index contributed by atoms with van der Waals surface area (Å²) in [5.41, 5.74) is 8.22. The first-order valence-corrected chi connectivity index (χ1v) is 7.38. The minimum absolute atomic E-state index is 1.02. The summed E-state index contributed by atoms with van der Waals surface area (Å²) in [6, 6.07) is 4.41. The Hall–Kier alpha value is -1.96. The second-order valence-corrected chi connectivity index (χ2v) is 5.50. The Balaban J connectivity index is 2.43. The largest absolute Gasteiger partial charge is 0.448 e. The maximum Gasteiger partial charge on any atom is 0.448 e. The van der Waals surface area contributed by atoms with E-state index in [0.29, 0.717) is 0 Å². The van der Waals surface area contributed by atoms with Crippen molar-refractivity contribution < 1.29 is 9.13 Å². The Morgan fingerprint density at radius 3 is 2.25 bits per heavy atom. The number of hydrogen-bond donors (Lipinski definition) is 0. The lowest BCUT2D eigenvalue weighted by molar-refractivity contribution is -0.797. The molecule has 0 aliphatic carbocycles. The van der Waals surface area contributed by atoms with Gasteiger partial charge in [-0.2, -0.15) is 0 Å². The third kappa shape index (κ3) is 1.57. The van der Waals surface area contributed by atoms with E-state index in [9.17, 15) is 0 Å². The molecule has 2 aromatic rings. The predicted octanol–water partition coefficient (Wildman–Crippen LogP) is 2.78. The summed E-state index contributed by atoms with van der Waals surface area (Å²) in [5.74, 6) is 1.02. The third-order valence-electron chi connectivity index (χ3n) is 4.49. The molecule has 1 aliphatic heterocycles. The molecule has 0 saturated carbocycles. The maximum atomic E-state index is 4.26. The molecule has 1 aliphatic rings. The van der Waals surface area contributed by atoms with Gasteiger partial charge in [0.05, 0.1) is 0 Å². The van der Waals surface area contributed by atoms with Crippen molar-refractivity contribution in [3.05, 3.63) is 59.2 Å². The first kappa shape index (κ1) is 13.0. The predicted molar refractivity (Wildman–Crippen MR) is 80.2 cm³/mol. The van der Waals surface area contributed by atoms with Crippen molar-refractivity contribution in [1.82, 2.24) is 0 Å². The van der Waals surface area contributed by atoms with E-state index in [0.717, 1.165) is 18.7 Å². The third-order valence-corrected chi connectivity index (χ3v) is 4.49. The highest BCUT2D eigenvalue weighted by Crippen LogP contribution is 2.28. The SMILES string of the molecule is C=C1[n+]2ccc(CC)c(C)c2-c2c(CC)c(C)cc[n+]21. The van der Waals surface area contributed by atoms with E-state index < -0.39 is 0 Å². The molecule has 0 atom stereocenters. The van der Waals surface area contributed by atoms with Gasteiger partial charge in [0.2, 0.25) is 0 Å². The zero-order valence-corrected chi connectivity index (χ0v) is 12.8. The summed E-state index contributed by atoms with van der Waals surface area (Å²) in [5, 5.41) is 0. The second-order valence-electron chi connectivity index (χ2n) is 5.50. The van der Waals surface area contributed by atoms with Gasteiger partial charge in [-0.05, 0) is 37.8 Å². The standard InChI is InChI=1S/C18H22N2/c1-6-15-9-11-19-14(5)20-10-8-12(3)16(7-2)18(20)17(19)13(15)4/h8-11H,5-7H2,1-4H3/q+2. The topological polar surface area (TPSA) is 7.76 Å². The molecule has 0 N–H and O–H groups in total. The van der Waals surface area contributed by atoms with Crippen molar-refractivity contribution >= 4 is 0 Å². The summed E-state index contributed by atoms with van der Waals surface area (Å²) < 4.78 is 4.45. The molecule has 2 nitrogen and oxygen atoms in total. The molecule has 2 aromatic heterocycles. The van der Waals surface area contributed by atoms with Gasteiger partial charge in [0, 0.05) is 29.8 Å². The highest BCUT2D eigenvalue weighted by atomic mass is 15.2. The second kappa shape index (κ2) is 4.55. The van der Waals surface area contributed by atoms with Gasteiger partial charge in [-0.3, -0.25) is 0 Å². The Morgan fingerprint density at radius 1 is 0.950 bits per heavy atom. The molecule has 0 saturated heterocycles. The number of nitrogens with zero attached hydrogens (tertiary/aromatic N) is 2. The first-order valence-electron chi connectivity index (χ1n) is 7.38. The Kier molecular flexibility index (Phi) is 2.97. The minimum Gasteiger partial charge on any atom is -0.0976 e. The molecule has 0 radical (unpaired) electrons. The van der Waals surface area contributed by atoms with Gasteiger partial charge in [-0.15, -0.1) is 0 Å². The fourth-order valence-electron chi connectivity index (χ4n) is 3.31. The van der Waals surface area contributed by atoms with Crippen molar-refractivity contribution in [2.75, 3.05) is 0 Å². The van der Waals surface area contributed by atoms with Crippen LogP contribution in [0, 0.1) is 19.7 Å². The molecule has 0 bridgehead atoms. The average molecular weight is 266 g/mol. The van der Waals surface area contributed by atoms with Gasteiger partial charge >= 0.3 is 5.82 Å². The summed E-state index contributed by atoms with van der Waals surface area (Å²) in [7, 11) is 0. The van der Waals surface area contributed by atoms with Crippen LogP contribution in [0.15, 0.2) is 31.1 Å². The lowest BCUT2D eigenvalue weighted by atomic mass is 9.98. The van der Waals surface area contributed by atoms with E-state index >= 15 is 0 Å². The maximum absolute atomic E-state index is 4.26. The molecular weight excluding hydrogens is 244 g/mol. The van der Waals surface area contributed by atoms with Crippen LogP contribution in [-0.4, -0.2) is 0 Å². The number of hydrogen-bond acceptors (Lipinski definition) is 0. The monoisotopic (exact) mass is 266 g/mol. The van der Waals surface area contributed by atoms with Crippen LogP contribution in [-0.2, 0) is 12.8 Å². The highest BCUT2D eigenvalue weighted by molar-refractivity contribution is 5.61. The molecule has 3 rings (SSSR count). The van der Waals surface area contributed by atoms with Crippen molar-refractivity contribution in [2.45, 2.75) is 40.5 Å². The van der Waals surface area contributed by atoms with E-state index in [1.54, 1.807) is 0 Å². The normalized spacial score (nSPS) is 12.5. The minimum atomic E-state index is 1.02. The van der Waals surface area contributed by atoms with Crippen molar-refractivity contribution in [2.24, 2.45) is 0 Å². The van der Waals surface area contributed by atoms with Gasteiger partial charge in [0.1, 0.15) is 0 Å². The quantitative estimate of drug-likeness (QED) is 0.630. The molecule has 0 spiro atoms. The van der Waals surface area contributed by atoms with Gasteiger partial charge < -0.3 is 0 Å². The fraction of sp³-hybridized carbons (Fsp3) is 0.333. The lowest BCUT2D eigenvalue weighted by Gasteiger charge is -2.04. The van der Waals surface area contributed by atoms with Crippen LogP contribution in [0.1, 0.15) is 36.1 Å². The van der Waals surface area contributed by atoms with Gasteiger partial charge in [0.15, 0.2) is 12.4 Å². The number of fused-ring (bicyclic) bond motifs is 3. The van der Waals surface area contributed by atoms with E-state index in [4.69, 9.17) is 0 Å². The van der Waals surface area contributed by atoms with E-state index in [1.807, 2.05) is 0 Å². The lowest BCUT2D eigenvalue weighted by Crippen LogP contribution is -2.46. The van der Waals surface area contributed by atoms with Crippen molar-refractivity contribution in [3.63, 3.8) is 0 Å². The zero-order valence-electron chi connectivity index (χ0n) is 12.8. The molecule has 0 amide bonds. The van der Waals surface area contributed by atoms with E-state index in [1.165, 1.54) is 33.6 Å². The van der Waals surface area contributed by atoms with Crippen LogP contribution < -0.4 is 9.13 Å². The van der Waals surface area contributed by atoms with E-state index in [2.05, 4.69) is 67.9 Å². The van der Waals surface area contributed by atoms with Gasteiger partial charge in [-0.1, -0.05) is 23.0 Å². The Bertz CT molecular complexity index is 727. The Morgan fingerprint density at radius 2 is 1.60 bits per heavy atom. The van der Waals surface area contributed by atoms with Gasteiger partial charge in [-0.25, -0.2) is 0 Å². The fourth-order valence-corrected chi connectivity index (χ4v) is 3.31. The van der Waals surface area contributed by atoms with Crippen LogP contribution >= 0.6 is 0 Å². The molecule has 20 heavy (non-hydrogen) atoms. The molecular formula is C18H22N2+2. The van der Waals surface area contributed by atoms with Crippen molar-refractivity contribution in [1.29, 1.82) is 0 Å². The first-order chi connectivity index (χ1) is 9.60. The molecule has 3 heterocycles. The number of pyridine rings is 2. The molecule has 0 unspecified atom stereocenters. The van der Waals surface area contributed by atoms with Crippen LogP contribution in [0.4, 0.5) is 0 Å². The van der Waals surface area contributed by atoms with Gasteiger partial charge in [0.25, 0.3) is 11.4 Å². The highest BCUT2D eigenvalue weighted by Gasteiger charge is 2.43. The number of rotatable bonds is 2.